The van der Waals surface area contributed by atoms with Crippen LogP contribution < -0.4 is 0 Å². The van der Waals surface area contributed by atoms with Crippen LogP contribution >= 0.6 is 11.8 Å². The molecule has 21 heavy (non-hydrogen) atoms. The molecule has 0 aliphatic heterocycles. The molecule has 4 rings (SSSR count). The standard InChI is InChI=1S/C16H14N4S/c1-9-17-11-5-3-7-13(15(11)19-9)21-14-8-4-6-12-16(14)20-10(2)18-12/h3-8H,1-2H3,(H,17,19)(H,18,20). The molecule has 2 aromatic carbocycles. The second-order valence-electron chi connectivity index (χ2n) is 5.05. The first-order valence-electron chi connectivity index (χ1n) is 6.79. The van der Waals surface area contributed by atoms with Gasteiger partial charge in [0.05, 0.1) is 11.0 Å². The first-order valence-corrected chi connectivity index (χ1v) is 7.61. The molecule has 0 amide bonds. The zero-order valence-electron chi connectivity index (χ0n) is 11.8. The van der Waals surface area contributed by atoms with Gasteiger partial charge in [0.2, 0.25) is 0 Å². The van der Waals surface area contributed by atoms with Gasteiger partial charge < -0.3 is 9.97 Å². The Morgan fingerprint density at radius 3 is 1.71 bits per heavy atom. The van der Waals surface area contributed by atoms with Gasteiger partial charge in [-0.3, -0.25) is 0 Å². The summed E-state index contributed by atoms with van der Waals surface area (Å²) in [5.41, 5.74) is 4.18. The van der Waals surface area contributed by atoms with E-state index in [1.807, 2.05) is 13.8 Å². The molecule has 0 spiro atoms. The van der Waals surface area contributed by atoms with Crippen LogP contribution in [0.5, 0.6) is 0 Å². The molecule has 0 atom stereocenters. The maximum Gasteiger partial charge on any atom is 0.104 e. The lowest BCUT2D eigenvalue weighted by atomic mass is 10.3. The number of hydrogen-bond donors (Lipinski definition) is 2. The second-order valence-corrected chi connectivity index (χ2v) is 6.13. The Bertz CT molecular complexity index is 873. The summed E-state index contributed by atoms with van der Waals surface area (Å²) in [6, 6.07) is 12.4. The van der Waals surface area contributed by atoms with Crippen molar-refractivity contribution in [3.63, 3.8) is 0 Å². The van der Waals surface area contributed by atoms with Crippen molar-refractivity contribution in [3.05, 3.63) is 48.0 Å². The molecule has 4 nitrogen and oxygen atoms in total. The number of aromatic amines is 2. The van der Waals surface area contributed by atoms with E-state index in [1.54, 1.807) is 11.8 Å². The first kappa shape index (κ1) is 12.5. The van der Waals surface area contributed by atoms with E-state index in [-0.39, 0.29) is 0 Å². The van der Waals surface area contributed by atoms with Gasteiger partial charge in [-0.2, -0.15) is 0 Å². The third-order valence-corrected chi connectivity index (χ3v) is 4.51. The summed E-state index contributed by atoms with van der Waals surface area (Å²) in [5, 5.41) is 0. The summed E-state index contributed by atoms with van der Waals surface area (Å²) in [5.74, 6) is 1.87. The summed E-state index contributed by atoms with van der Waals surface area (Å²) in [6.45, 7) is 3.96. The van der Waals surface area contributed by atoms with Gasteiger partial charge in [-0.25, -0.2) is 9.97 Å². The van der Waals surface area contributed by atoms with Crippen LogP contribution in [0.2, 0.25) is 0 Å². The minimum Gasteiger partial charge on any atom is -0.342 e. The Hall–Kier alpha value is -2.27. The number of nitrogens with zero attached hydrogens (tertiary/aromatic N) is 2. The van der Waals surface area contributed by atoms with Crippen LogP contribution in [0.15, 0.2) is 46.2 Å². The van der Waals surface area contributed by atoms with Gasteiger partial charge in [0.25, 0.3) is 0 Å². The number of rotatable bonds is 2. The van der Waals surface area contributed by atoms with E-state index < -0.39 is 0 Å². The van der Waals surface area contributed by atoms with Crippen molar-refractivity contribution in [1.29, 1.82) is 0 Å². The predicted octanol–water partition coefficient (Wildman–Crippen LogP) is 4.21. The van der Waals surface area contributed by atoms with E-state index in [9.17, 15) is 0 Å². The number of H-pyrrole nitrogens is 2. The summed E-state index contributed by atoms with van der Waals surface area (Å²) in [4.78, 5) is 18.0. The van der Waals surface area contributed by atoms with Gasteiger partial charge in [0.15, 0.2) is 0 Å². The number of imidazole rings is 2. The van der Waals surface area contributed by atoms with E-state index in [1.165, 1.54) is 0 Å². The Morgan fingerprint density at radius 1 is 0.762 bits per heavy atom. The Kier molecular flexibility index (Phi) is 2.75. The molecule has 5 heteroatoms. The monoisotopic (exact) mass is 294 g/mol. The fourth-order valence-electron chi connectivity index (χ4n) is 2.54. The van der Waals surface area contributed by atoms with Crippen molar-refractivity contribution in [3.8, 4) is 0 Å². The van der Waals surface area contributed by atoms with Gasteiger partial charge >= 0.3 is 0 Å². The zero-order chi connectivity index (χ0) is 14.4. The molecule has 104 valence electrons. The van der Waals surface area contributed by atoms with Gasteiger partial charge in [-0.15, -0.1) is 0 Å². The van der Waals surface area contributed by atoms with Crippen molar-refractivity contribution in [2.75, 3.05) is 0 Å². The van der Waals surface area contributed by atoms with Crippen molar-refractivity contribution in [1.82, 2.24) is 19.9 Å². The Morgan fingerprint density at radius 2 is 1.24 bits per heavy atom. The number of fused-ring (bicyclic) bond motifs is 2. The minimum atomic E-state index is 0.937. The van der Waals surface area contributed by atoms with Gasteiger partial charge in [0, 0.05) is 9.79 Å². The molecule has 0 fully saturated rings. The Balaban J connectivity index is 1.86. The van der Waals surface area contributed by atoms with Crippen LogP contribution in [0.4, 0.5) is 0 Å². The second kappa shape index (κ2) is 4.63. The maximum absolute atomic E-state index is 4.59. The van der Waals surface area contributed by atoms with Crippen LogP contribution in [0.1, 0.15) is 11.6 Å². The lowest BCUT2D eigenvalue weighted by molar-refractivity contribution is 1.16. The number of hydrogen-bond acceptors (Lipinski definition) is 3. The topological polar surface area (TPSA) is 57.4 Å². The minimum absolute atomic E-state index is 0.937. The molecule has 2 heterocycles. The highest BCUT2D eigenvalue weighted by molar-refractivity contribution is 7.99. The van der Waals surface area contributed by atoms with Crippen molar-refractivity contribution >= 4 is 33.8 Å². The van der Waals surface area contributed by atoms with Crippen molar-refractivity contribution in [2.24, 2.45) is 0 Å². The quantitative estimate of drug-likeness (QED) is 0.582. The molecule has 2 N–H and O–H groups in total. The van der Waals surface area contributed by atoms with Gasteiger partial charge in [-0.1, -0.05) is 23.9 Å². The van der Waals surface area contributed by atoms with Crippen LogP contribution in [-0.4, -0.2) is 19.9 Å². The number of aromatic nitrogens is 4. The van der Waals surface area contributed by atoms with Crippen LogP contribution in [0.25, 0.3) is 22.1 Å². The fourth-order valence-corrected chi connectivity index (χ4v) is 3.58. The summed E-state index contributed by atoms with van der Waals surface area (Å²) in [6.07, 6.45) is 0. The average Bonchev–Trinajstić information content (AvgIpc) is 3.01. The molecular weight excluding hydrogens is 280 g/mol. The predicted molar refractivity (Wildman–Crippen MR) is 85.8 cm³/mol. The van der Waals surface area contributed by atoms with E-state index in [0.29, 0.717) is 0 Å². The number of benzene rings is 2. The molecular formula is C16H14N4S. The first-order chi connectivity index (χ1) is 10.2. The zero-order valence-corrected chi connectivity index (χ0v) is 12.6. The average molecular weight is 294 g/mol. The fraction of sp³-hybridized carbons (Fsp3) is 0.125. The summed E-state index contributed by atoms with van der Waals surface area (Å²) < 4.78 is 0. The van der Waals surface area contributed by atoms with Gasteiger partial charge in [-0.05, 0) is 38.1 Å². The van der Waals surface area contributed by atoms with Crippen molar-refractivity contribution < 1.29 is 0 Å². The third-order valence-electron chi connectivity index (χ3n) is 3.41. The lowest BCUT2D eigenvalue weighted by Crippen LogP contribution is -1.80. The van der Waals surface area contributed by atoms with Crippen LogP contribution in [0, 0.1) is 13.8 Å². The molecule has 4 aromatic rings. The van der Waals surface area contributed by atoms with Crippen LogP contribution in [0.3, 0.4) is 0 Å². The number of nitrogens with one attached hydrogen (secondary N) is 2. The molecule has 0 unspecified atom stereocenters. The van der Waals surface area contributed by atoms with E-state index in [0.717, 1.165) is 43.5 Å². The normalized spacial score (nSPS) is 11.5. The van der Waals surface area contributed by atoms with Gasteiger partial charge in [0.1, 0.15) is 22.7 Å². The highest BCUT2D eigenvalue weighted by Crippen LogP contribution is 2.35. The largest absolute Gasteiger partial charge is 0.342 e. The van der Waals surface area contributed by atoms with Crippen LogP contribution in [-0.2, 0) is 0 Å². The summed E-state index contributed by atoms with van der Waals surface area (Å²) in [7, 11) is 0. The molecule has 0 bridgehead atoms. The maximum atomic E-state index is 4.59. The lowest BCUT2D eigenvalue weighted by Gasteiger charge is -2.03. The Labute approximate surface area is 126 Å². The van der Waals surface area contributed by atoms with Crippen molar-refractivity contribution in [2.45, 2.75) is 23.6 Å². The molecule has 0 aliphatic rings. The molecule has 2 aromatic heterocycles. The third kappa shape index (κ3) is 2.10. The molecule has 0 saturated carbocycles. The summed E-state index contributed by atoms with van der Waals surface area (Å²) >= 11 is 1.71. The smallest absolute Gasteiger partial charge is 0.104 e. The van der Waals surface area contributed by atoms with E-state index in [4.69, 9.17) is 0 Å². The SMILES string of the molecule is Cc1nc2c(Sc3cccc4[nH]c(C)nc34)cccc2[nH]1. The molecule has 0 radical (unpaired) electrons. The highest BCUT2D eigenvalue weighted by Gasteiger charge is 2.10. The molecule has 0 saturated heterocycles. The van der Waals surface area contributed by atoms with E-state index in [2.05, 4.69) is 56.3 Å². The molecule has 0 aliphatic carbocycles. The highest BCUT2D eigenvalue weighted by atomic mass is 32.2. The number of aryl methyl sites for hydroxylation is 2. The van der Waals surface area contributed by atoms with E-state index >= 15 is 0 Å². The number of para-hydroxylation sites is 2.